The fourth-order valence-corrected chi connectivity index (χ4v) is 2.08. The smallest absolute Gasteiger partial charge is 0.254 e. The molecule has 0 fully saturated rings. The Morgan fingerprint density at radius 3 is 1.70 bits per heavy atom. The molecule has 0 aliphatic heterocycles. The maximum absolute atomic E-state index is 10.6. The summed E-state index contributed by atoms with van der Waals surface area (Å²) in [5.41, 5.74) is 4.87. The molecular formula is C3H9NO4S2. The minimum Gasteiger partial charge on any atom is -0.329 e. The second kappa shape index (κ2) is 2.85. The Bertz CT molecular complexity index is 286. The van der Waals surface area contributed by atoms with Gasteiger partial charge in [-0.25, -0.2) is 16.8 Å². The zero-order valence-corrected chi connectivity index (χ0v) is 7.07. The van der Waals surface area contributed by atoms with Gasteiger partial charge in [0.2, 0.25) is 0 Å². The first-order valence-electron chi connectivity index (χ1n) is 2.44. The molecule has 0 heterocycles. The third-order valence-electron chi connectivity index (χ3n) is 0.829. The Morgan fingerprint density at radius 2 is 1.60 bits per heavy atom. The Morgan fingerprint density at radius 1 is 1.20 bits per heavy atom. The highest BCUT2D eigenvalue weighted by atomic mass is 33.2. The molecule has 2 N–H and O–H groups in total. The standard InChI is InChI=1S/C3H9NO4S2/c1-9(5,6)10(7,8)3-2-4/h2-4H2,1H3. The third-order valence-corrected chi connectivity index (χ3v) is 5.75. The van der Waals surface area contributed by atoms with E-state index in [4.69, 9.17) is 5.73 Å². The highest BCUT2D eigenvalue weighted by Crippen LogP contribution is 1.97. The highest BCUT2D eigenvalue weighted by molar-refractivity contribution is 8.66. The second-order valence-electron chi connectivity index (χ2n) is 1.75. The Labute approximate surface area is 59.5 Å². The van der Waals surface area contributed by atoms with Gasteiger partial charge in [-0.15, -0.1) is 0 Å². The van der Waals surface area contributed by atoms with E-state index in [9.17, 15) is 16.8 Å². The zero-order valence-electron chi connectivity index (χ0n) is 5.44. The summed E-state index contributed by atoms with van der Waals surface area (Å²) in [6.45, 7) is -0.171. The average Bonchev–Trinajstić information content (AvgIpc) is 1.61. The molecule has 0 saturated heterocycles. The molecule has 0 saturated carbocycles. The quantitative estimate of drug-likeness (QED) is 0.532. The van der Waals surface area contributed by atoms with Crippen molar-refractivity contribution in [2.45, 2.75) is 0 Å². The van der Waals surface area contributed by atoms with E-state index in [1.165, 1.54) is 0 Å². The van der Waals surface area contributed by atoms with Crippen molar-refractivity contribution < 1.29 is 16.8 Å². The van der Waals surface area contributed by atoms with Crippen LogP contribution in [0.25, 0.3) is 0 Å². The van der Waals surface area contributed by atoms with Crippen LogP contribution in [-0.2, 0) is 17.7 Å². The van der Waals surface area contributed by atoms with Crippen LogP contribution in [0.3, 0.4) is 0 Å². The summed E-state index contributed by atoms with van der Waals surface area (Å²) in [5, 5.41) is 0. The minimum atomic E-state index is -4.00. The van der Waals surface area contributed by atoms with Crippen molar-refractivity contribution in [3.05, 3.63) is 0 Å². The molecule has 0 spiro atoms. The molecular weight excluding hydrogens is 178 g/mol. The first kappa shape index (κ1) is 9.86. The number of nitrogens with two attached hydrogens (primary N) is 1. The van der Waals surface area contributed by atoms with Gasteiger partial charge in [-0.2, -0.15) is 0 Å². The van der Waals surface area contributed by atoms with Crippen LogP contribution in [-0.4, -0.2) is 35.4 Å². The molecule has 62 valence electrons. The Kier molecular flexibility index (Phi) is 2.81. The van der Waals surface area contributed by atoms with Crippen LogP contribution in [0, 0.1) is 0 Å². The lowest BCUT2D eigenvalue weighted by Gasteiger charge is -1.96. The summed E-state index contributed by atoms with van der Waals surface area (Å²) >= 11 is 0. The van der Waals surface area contributed by atoms with E-state index in [1.807, 2.05) is 0 Å². The van der Waals surface area contributed by atoms with Crippen molar-refractivity contribution in [2.75, 3.05) is 18.6 Å². The third kappa shape index (κ3) is 2.24. The summed E-state index contributed by atoms with van der Waals surface area (Å²) in [5.74, 6) is -0.508. The molecule has 5 nitrogen and oxygen atoms in total. The van der Waals surface area contributed by atoms with Gasteiger partial charge >= 0.3 is 0 Å². The highest BCUT2D eigenvalue weighted by Gasteiger charge is 2.22. The number of rotatable bonds is 3. The van der Waals surface area contributed by atoms with Crippen molar-refractivity contribution >= 4 is 17.7 Å². The van der Waals surface area contributed by atoms with Gasteiger partial charge < -0.3 is 5.73 Å². The molecule has 0 aromatic heterocycles. The van der Waals surface area contributed by atoms with Crippen LogP contribution in [0.2, 0.25) is 0 Å². The number of hydrogen-bond acceptors (Lipinski definition) is 5. The minimum absolute atomic E-state index is 0.171. The van der Waals surface area contributed by atoms with E-state index in [0.29, 0.717) is 6.26 Å². The lowest BCUT2D eigenvalue weighted by Crippen LogP contribution is -2.22. The molecule has 0 aliphatic carbocycles. The number of hydrogen-bond donors (Lipinski definition) is 1. The molecule has 0 amide bonds. The first-order chi connectivity index (χ1) is 4.31. The van der Waals surface area contributed by atoms with Crippen LogP contribution < -0.4 is 5.73 Å². The predicted molar refractivity (Wildman–Crippen MR) is 37.7 cm³/mol. The Hall–Kier alpha value is -0.140. The predicted octanol–water partition coefficient (Wildman–Crippen LogP) is -1.68. The van der Waals surface area contributed by atoms with E-state index >= 15 is 0 Å². The molecule has 7 heteroatoms. The van der Waals surface area contributed by atoms with E-state index in [-0.39, 0.29) is 6.54 Å². The van der Waals surface area contributed by atoms with Gasteiger partial charge in [0.05, 0.1) is 12.0 Å². The van der Waals surface area contributed by atoms with Gasteiger partial charge in [0.25, 0.3) is 17.7 Å². The van der Waals surface area contributed by atoms with Crippen LogP contribution in [0.4, 0.5) is 0 Å². The van der Waals surface area contributed by atoms with Crippen LogP contribution in [0.1, 0.15) is 0 Å². The maximum atomic E-state index is 10.6. The van der Waals surface area contributed by atoms with E-state index < -0.39 is 23.5 Å². The second-order valence-corrected chi connectivity index (χ2v) is 8.03. The molecule has 0 atom stereocenters. The maximum Gasteiger partial charge on any atom is 0.254 e. The van der Waals surface area contributed by atoms with Crippen molar-refractivity contribution in [1.29, 1.82) is 0 Å². The molecule has 0 bridgehead atoms. The normalized spacial score (nSPS) is 13.4. The van der Waals surface area contributed by atoms with Crippen molar-refractivity contribution in [2.24, 2.45) is 5.73 Å². The fraction of sp³-hybridized carbons (Fsp3) is 1.00. The van der Waals surface area contributed by atoms with Crippen molar-refractivity contribution in [3.63, 3.8) is 0 Å². The van der Waals surface area contributed by atoms with E-state index in [1.54, 1.807) is 0 Å². The van der Waals surface area contributed by atoms with Crippen LogP contribution in [0.5, 0.6) is 0 Å². The zero-order chi connectivity index (χ0) is 8.41. The Balaban J connectivity index is 4.80. The van der Waals surface area contributed by atoms with Crippen molar-refractivity contribution in [3.8, 4) is 0 Å². The monoisotopic (exact) mass is 187 g/mol. The van der Waals surface area contributed by atoms with Gasteiger partial charge in [-0.05, 0) is 0 Å². The van der Waals surface area contributed by atoms with Crippen molar-refractivity contribution in [1.82, 2.24) is 0 Å². The lowest BCUT2D eigenvalue weighted by molar-refractivity contribution is 0.585. The molecule has 0 radical (unpaired) electrons. The summed E-state index contributed by atoms with van der Waals surface area (Å²) in [4.78, 5) is 0. The van der Waals surface area contributed by atoms with Crippen LogP contribution >= 0.6 is 0 Å². The first-order valence-corrected chi connectivity index (χ1v) is 6.50. The van der Waals surface area contributed by atoms with Gasteiger partial charge in [-0.3, -0.25) is 0 Å². The molecule has 0 aromatic rings. The van der Waals surface area contributed by atoms with E-state index in [0.717, 1.165) is 0 Å². The lowest BCUT2D eigenvalue weighted by atomic mass is 10.8. The molecule has 10 heavy (non-hydrogen) atoms. The largest absolute Gasteiger partial charge is 0.329 e. The molecule has 0 rings (SSSR count). The molecule has 0 aliphatic rings. The molecule has 0 aromatic carbocycles. The van der Waals surface area contributed by atoms with Gasteiger partial charge in [0.1, 0.15) is 0 Å². The SMILES string of the molecule is CS(=O)(=O)S(=O)(=O)CCN. The molecule has 0 unspecified atom stereocenters. The fourth-order valence-electron chi connectivity index (χ4n) is 0.296. The van der Waals surface area contributed by atoms with Crippen LogP contribution in [0.15, 0.2) is 0 Å². The van der Waals surface area contributed by atoms with Gasteiger partial charge in [0, 0.05) is 6.54 Å². The van der Waals surface area contributed by atoms with E-state index in [2.05, 4.69) is 0 Å². The topological polar surface area (TPSA) is 94.3 Å². The summed E-state index contributed by atoms with van der Waals surface area (Å²) < 4.78 is 42.0. The summed E-state index contributed by atoms with van der Waals surface area (Å²) in [6, 6.07) is 0. The van der Waals surface area contributed by atoms with Gasteiger partial charge in [0.15, 0.2) is 0 Å². The average molecular weight is 187 g/mol. The van der Waals surface area contributed by atoms with Gasteiger partial charge in [-0.1, -0.05) is 0 Å². The summed E-state index contributed by atoms with van der Waals surface area (Å²) in [7, 11) is -7.97. The summed E-state index contributed by atoms with van der Waals surface area (Å²) in [6.07, 6.45) is 0.651.